The molecule has 0 bridgehead atoms. The van der Waals surface area contributed by atoms with E-state index in [1.54, 1.807) is 7.11 Å². The van der Waals surface area contributed by atoms with Crippen molar-refractivity contribution in [3.63, 3.8) is 0 Å². The van der Waals surface area contributed by atoms with Crippen molar-refractivity contribution in [3.05, 3.63) is 82.9 Å². The van der Waals surface area contributed by atoms with Crippen LogP contribution in [0.25, 0.3) is 33.7 Å². The van der Waals surface area contributed by atoms with E-state index >= 15 is 0 Å². The molecule has 1 aromatic heterocycles. The lowest BCUT2D eigenvalue weighted by molar-refractivity contribution is 0.414. The number of hydrogen-bond donors (Lipinski definition) is 0. The third-order valence-corrected chi connectivity index (χ3v) is 5.24. The van der Waals surface area contributed by atoms with Crippen molar-refractivity contribution in [1.82, 2.24) is 5.16 Å². The van der Waals surface area contributed by atoms with Crippen molar-refractivity contribution in [2.75, 3.05) is 7.11 Å². The Morgan fingerprint density at radius 1 is 0.821 bits per heavy atom. The number of aryl methyl sites for hydroxylation is 2. The average molecular weight is 390 g/mol. The zero-order chi connectivity index (χ0) is 19.7. The number of methoxy groups -OCH3 is 1. The van der Waals surface area contributed by atoms with Crippen LogP contribution in [0.5, 0.6) is 5.75 Å². The lowest BCUT2D eigenvalue weighted by Crippen LogP contribution is -1.91. The van der Waals surface area contributed by atoms with E-state index < -0.39 is 0 Å². The maximum atomic E-state index is 6.49. The van der Waals surface area contributed by atoms with Gasteiger partial charge in [-0.25, -0.2) is 0 Å². The van der Waals surface area contributed by atoms with Crippen LogP contribution in [0.2, 0.25) is 5.02 Å². The van der Waals surface area contributed by atoms with Gasteiger partial charge < -0.3 is 9.26 Å². The quantitative estimate of drug-likeness (QED) is 0.378. The molecule has 3 aromatic carbocycles. The van der Waals surface area contributed by atoms with Gasteiger partial charge in [-0.3, -0.25) is 0 Å². The molecule has 1 heterocycles. The molecule has 0 aliphatic heterocycles. The van der Waals surface area contributed by atoms with Crippen LogP contribution in [-0.4, -0.2) is 12.3 Å². The molecule has 28 heavy (non-hydrogen) atoms. The van der Waals surface area contributed by atoms with Crippen LogP contribution >= 0.6 is 11.6 Å². The van der Waals surface area contributed by atoms with E-state index in [9.17, 15) is 0 Å². The van der Waals surface area contributed by atoms with Gasteiger partial charge in [0.1, 0.15) is 11.4 Å². The topological polar surface area (TPSA) is 35.3 Å². The van der Waals surface area contributed by atoms with Gasteiger partial charge in [0, 0.05) is 11.1 Å². The fourth-order valence-corrected chi connectivity index (χ4v) is 3.66. The van der Waals surface area contributed by atoms with Gasteiger partial charge in [-0.05, 0) is 54.8 Å². The number of benzene rings is 3. The minimum Gasteiger partial charge on any atom is -0.497 e. The van der Waals surface area contributed by atoms with Gasteiger partial charge in [0.2, 0.25) is 0 Å². The molecule has 140 valence electrons. The first kappa shape index (κ1) is 18.3. The molecule has 0 saturated carbocycles. The summed E-state index contributed by atoms with van der Waals surface area (Å²) in [4.78, 5) is 0. The molecule has 0 unspecified atom stereocenters. The third kappa shape index (κ3) is 3.19. The molecule has 0 atom stereocenters. The smallest absolute Gasteiger partial charge is 0.175 e. The largest absolute Gasteiger partial charge is 0.497 e. The predicted molar refractivity (Wildman–Crippen MR) is 114 cm³/mol. The van der Waals surface area contributed by atoms with Gasteiger partial charge in [-0.15, -0.1) is 0 Å². The normalized spacial score (nSPS) is 10.9. The number of rotatable bonds is 4. The third-order valence-electron chi connectivity index (χ3n) is 4.91. The Balaban J connectivity index is 2.01. The lowest BCUT2D eigenvalue weighted by atomic mass is 9.92. The number of ether oxygens (including phenoxy) is 1. The van der Waals surface area contributed by atoms with Gasteiger partial charge >= 0.3 is 0 Å². The summed E-state index contributed by atoms with van der Waals surface area (Å²) in [5, 5.41) is 5.08. The highest BCUT2D eigenvalue weighted by Crippen LogP contribution is 2.43. The maximum Gasteiger partial charge on any atom is 0.175 e. The Labute approximate surface area is 169 Å². The van der Waals surface area contributed by atoms with E-state index in [-0.39, 0.29) is 0 Å². The number of hydrogen-bond acceptors (Lipinski definition) is 3. The molecular weight excluding hydrogens is 370 g/mol. The highest BCUT2D eigenvalue weighted by Gasteiger charge is 2.24. The molecule has 0 amide bonds. The predicted octanol–water partition coefficient (Wildman–Crippen LogP) is 6.95. The van der Waals surface area contributed by atoms with Gasteiger partial charge in [-0.1, -0.05) is 59.2 Å². The first-order chi connectivity index (χ1) is 13.6. The Kier molecular flexibility index (Phi) is 4.93. The van der Waals surface area contributed by atoms with Gasteiger partial charge in [0.05, 0.1) is 17.7 Å². The van der Waals surface area contributed by atoms with Gasteiger partial charge in [0.25, 0.3) is 0 Å². The SMILES string of the molecule is COc1ccc(-c2onc(-c3ccccc3Cl)c2-c2ccccc2C)c(C)c1. The summed E-state index contributed by atoms with van der Waals surface area (Å²) < 4.78 is 11.3. The maximum absolute atomic E-state index is 6.49. The second-order valence-electron chi connectivity index (χ2n) is 6.71. The highest BCUT2D eigenvalue weighted by atomic mass is 35.5. The first-order valence-corrected chi connectivity index (χ1v) is 9.43. The lowest BCUT2D eigenvalue weighted by Gasteiger charge is -2.11. The Hall–Kier alpha value is -3.04. The second-order valence-corrected chi connectivity index (χ2v) is 7.12. The molecule has 4 rings (SSSR count). The summed E-state index contributed by atoms with van der Waals surface area (Å²) in [7, 11) is 1.66. The minimum absolute atomic E-state index is 0.642. The Bertz CT molecular complexity index is 1150. The summed E-state index contributed by atoms with van der Waals surface area (Å²) >= 11 is 6.49. The van der Waals surface area contributed by atoms with Gasteiger partial charge in [-0.2, -0.15) is 0 Å². The molecule has 4 aromatic rings. The fourth-order valence-electron chi connectivity index (χ4n) is 3.43. The Morgan fingerprint density at radius 3 is 2.21 bits per heavy atom. The number of halogens is 1. The van der Waals surface area contributed by atoms with Crippen LogP contribution in [0.4, 0.5) is 0 Å². The van der Waals surface area contributed by atoms with Crippen molar-refractivity contribution in [1.29, 1.82) is 0 Å². The van der Waals surface area contributed by atoms with E-state index in [1.807, 2.05) is 61.5 Å². The van der Waals surface area contributed by atoms with Crippen LogP contribution in [-0.2, 0) is 0 Å². The second kappa shape index (κ2) is 7.53. The average Bonchev–Trinajstić information content (AvgIpc) is 3.12. The van der Waals surface area contributed by atoms with Crippen molar-refractivity contribution in [2.24, 2.45) is 0 Å². The minimum atomic E-state index is 0.642. The highest BCUT2D eigenvalue weighted by molar-refractivity contribution is 6.33. The van der Waals surface area contributed by atoms with E-state index in [0.717, 1.165) is 50.6 Å². The molecular formula is C24H20ClNO2. The van der Waals surface area contributed by atoms with E-state index in [1.165, 1.54) is 0 Å². The standard InChI is InChI=1S/C24H20ClNO2/c1-15-8-4-5-9-18(15)22-23(20-10-6-7-11-21(20)25)26-28-24(22)19-13-12-17(27-3)14-16(19)2/h4-14H,1-3H3. The van der Waals surface area contributed by atoms with Crippen molar-refractivity contribution in [3.8, 4) is 39.5 Å². The molecule has 0 aliphatic rings. The fraction of sp³-hybridized carbons (Fsp3) is 0.125. The summed E-state index contributed by atoms with van der Waals surface area (Å²) in [6.45, 7) is 4.13. The number of aromatic nitrogens is 1. The van der Waals surface area contributed by atoms with Crippen LogP contribution in [0.15, 0.2) is 71.3 Å². The zero-order valence-electron chi connectivity index (χ0n) is 16.0. The van der Waals surface area contributed by atoms with Crippen molar-refractivity contribution >= 4 is 11.6 Å². The van der Waals surface area contributed by atoms with Crippen molar-refractivity contribution in [2.45, 2.75) is 13.8 Å². The summed E-state index contributed by atoms with van der Waals surface area (Å²) in [5.74, 6) is 1.54. The summed E-state index contributed by atoms with van der Waals surface area (Å²) in [6, 6.07) is 21.9. The van der Waals surface area contributed by atoms with Crippen LogP contribution < -0.4 is 4.74 Å². The molecule has 0 aliphatic carbocycles. The summed E-state index contributed by atoms with van der Waals surface area (Å²) in [5.41, 5.74) is 6.78. The van der Waals surface area contributed by atoms with Crippen LogP contribution in [0.1, 0.15) is 11.1 Å². The number of nitrogens with zero attached hydrogens (tertiary/aromatic N) is 1. The first-order valence-electron chi connectivity index (χ1n) is 9.05. The van der Waals surface area contributed by atoms with E-state index in [0.29, 0.717) is 5.02 Å². The van der Waals surface area contributed by atoms with Crippen LogP contribution in [0.3, 0.4) is 0 Å². The van der Waals surface area contributed by atoms with Crippen molar-refractivity contribution < 1.29 is 9.26 Å². The molecule has 0 N–H and O–H groups in total. The molecule has 0 radical (unpaired) electrons. The van der Waals surface area contributed by atoms with E-state index in [2.05, 4.69) is 24.2 Å². The molecule has 0 saturated heterocycles. The molecule has 0 spiro atoms. The molecule has 0 fully saturated rings. The molecule has 3 nitrogen and oxygen atoms in total. The van der Waals surface area contributed by atoms with Crippen LogP contribution in [0, 0.1) is 13.8 Å². The monoisotopic (exact) mass is 389 g/mol. The molecule has 4 heteroatoms. The Morgan fingerprint density at radius 2 is 1.54 bits per heavy atom. The zero-order valence-corrected chi connectivity index (χ0v) is 16.7. The summed E-state index contributed by atoms with van der Waals surface area (Å²) in [6.07, 6.45) is 0. The van der Waals surface area contributed by atoms with E-state index in [4.69, 9.17) is 20.9 Å². The van der Waals surface area contributed by atoms with Gasteiger partial charge in [0.15, 0.2) is 5.76 Å².